The number of benzene rings is 1. The zero-order valence-electron chi connectivity index (χ0n) is 7.57. The quantitative estimate of drug-likeness (QED) is 0.543. The van der Waals surface area contributed by atoms with E-state index in [1.165, 1.54) is 10.9 Å². The van der Waals surface area contributed by atoms with Crippen LogP contribution in [-0.2, 0) is 0 Å². The Bertz CT molecular complexity index is 554. The van der Waals surface area contributed by atoms with E-state index in [0.717, 1.165) is 0 Å². The zero-order chi connectivity index (χ0) is 10.8. The van der Waals surface area contributed by atoms with Gasteiger partial charge in [0.1, 0.15) is 6.33 Å². The monoisotopic (exact) mass is 202 g/mol. The maximum Gasteiger partial charge on any atom is 0.378 e. The van der Waals surface area contributed by atoms with Crippen LogP contribution in [0, 0.1) is 21.4 Å². The van der Waals surface area contributed by atoms with E-state index in [9.17, 15) is 10.1 Å². The van der Waals surface area contributed by atoms with Gasteiger partial charge in [-0.25, -0.2) is 4.98 Å². The van der Waals surface area contributed by atoms with Gasteiger partial charge in [0.05, 0.1) is 16.0 Å². The lowest BCUT2D eigenvalue weighted by molar-refractivity contribution is -0.530. The fraction of sp³-hybridized carbons (Fsp3) is 0.111. The second kappa shape index (κ2) is 3.38. The molecule has 0 aliphatic rings. The molecule has 0 radical (unpaired) electrons. The molecular weight excluding hydrogens is 196 g/mol. The van der Waals surface area contributed by atoms with Gasteiger partial charge in [-0.15, -0.1) is 0 Å². The van der Waals surface area contributed by atoms with E-state index < -0.39 is 11.1 Å². The molecule has 74 valence electrons. The molecule has 0 amide bonds. The largest absolute Gasteiger partial charge is 0.378 e. The minimum atomic E-state index is -1.42. The Hall–Kier alpha value is -2.42. The van der Waals surface area contributed by atoms with E-state index in [0.29, 0.717) is 11.0 Å². The molecule has 0 aliphatic carbocycles. The van der Waals surface area contributed by atoms with Gasteiger partial charge in [-0.2, -0.15) is 5.26 Å². The van der Waals surface area contributed by atoms with Crippen LogP contribution in [0.1, 0.15) is 6.17 Å². The molecule has 1 atom stereocenters. The molecule has 0 aliphatic heterocycles. The van der Waals surface area contributed by atoms with Crippen LogP contribution in [0.15, 0.2) is 30.6 Å². The van der Waals surface area contributed by atoms with E-state index in [4.69, 9.17) is 5.26 Å². The SMILES string of the molecule is N#CC(n1cnc2ccccc21)[N+](=O)[O-]. The summed E-state index contributed by atoms with van der Waals surface area (Å²) in [6.45, 7) is 0. The van der Waals surface area contributed by atoms with Gasteiger partial charge in [0.25, 0.3) is 0 Å². The van der Waals surface area contributed by atoms with Crippen molar-refractivity contribution in [3.8, 4) is 6.07 Å². The van der Waals surface area contributed by atoms with Gasteiger partial charge in [-0.05, 0) is 12.1 Å². The van der Waals surface area contributed by atoms with Crippen LogP contribution in [0.25, 0.3) is 11.0 Å². The molecule has 1 unspecified atom stereocenters. The van der Waals surface area contributed by atoms with Crippen molar-refractivity contribution in [2.45, 2.75) is 6.17 Å². The summed E-state index contributed by atoms with van der Waals surface area (Å²) in [5, 5.41) is 19.3. The van der Waals surface area contributed by atoms with Crippen LogP contribution in [0.3, 0.4) is 0 Å². The second-order valence-corrected chi connectivity index (χ2v) is 2.93. The van der Waals surface area contributed by atoms with Crippen LogP contribution < -0.4 is 0 Å². The number of rotatable bonds is 2. The van der Waals surface area contributed by atoms with Gasteiger partial charge < -0.3 is 0 Å². The molecule has 0 N–H and O–H groups in total. The highest BCUT2D eigenvalue weighted by Gasteiger charge is 2.22. The Morgan fingerprint density at radius 2 is 2.27 bits per heavy atom. The number of para-hydroxylation sites is 2. The summed E-state index contributed by atoms with van der Waals surface area (Å²) in [7, 11) is 0. The summed E-state index contributed by atoms with van der Waals surface area (Å²) in [5.41, 5.74) is 1.22. The fourth-order valence-corrected chi connectivity index (χ4v) is 1.38. The van der Waals surface area contributed by atoms with Crippen LogP contribution in [0.5, 0.6) is 0 Å². The first kappa shape index (κ1) is 9.15. The van der Waals surface area contributed by atoms with Gasteiger partial charge >= 0.3 is 6.17 Å². The second-order valence-electron chi connectivity index (χ2n) is 2.93. The van der Waals surface area contributed by atoms with Gasteiger partial charge in [-0.3, -0.25) is 14.7 Å². The van der Waals surface area contributed by atoms with Crippen molar-refractivity contribution in [2.75, 3.05) is 0 Å². The van der Waals surface area contributed by atoms with Crippen LogP contribution >= 0.6 is 0 Å². The van der Waals surface area contributed by atoms with Crippen molar-refractivity contribution in [3.05, 3.63) is 40.7 Å². The van der Waals surface area contributed by atoms with Gasteiger partial charge in [0, 0.05) is 0 Å². The summed E-state index contributed by atoms with van der Waals surface area (Å²) >= 11 is 0. The van der Waals surface area contributed by atoms with Crippen molar-refractivity contribution in [1.29, 1.82) is 5.26 Å². The Labute approximate surface area is 84.5 Å². The van der Waals surface area contributed by atoms with Gasteiger partial charge in [-0.1, -0.05) is 12.1 Å². The van der Waals surface area contributed by atoms with E-state index in [1.54, 1.807) is 30.3 Å². The summed E-state index contributed by atoms with van der Waals surface area (Å²) < 4.78 is 1.25. The third-order valence-corrected chi connectivity index (χ3v) is 2.06. The average molecular weight is 202 g/mol. The lowest BCUT2D eigenvalue weighted by atomic mass is 10.3. The zero-order valence-corrected chi connectivity index (χ0v) is 7.57. The summed E-state index contributed by atoms with van der Waals surface area (Å²) in [6.07, 6.45) is -0.112. The number of nitro groups is 1. The Morgan fingerprint density at radius 3 is 2.93 bits per heavy atom. The minimum Gasteiger partial charge on any atom is -0.261 e. The molecule has 0 spiro atoms. The number of nitrogens with zero attached hydrogens (tertiary/aromatic N) is 4. The number of hydrogen-bond acceptors (Lipinski definition) is 4. The summed E-state index contributed by atoms with van der Waals surface area (Å²) in [5.74, 6) is 0. The fourth-order valence-electron chi connectivity index (χ4n) is 1.38. The highest BCUT2D eigenvalue weighted by Crippen LogP contribution is 2.17. The third-order valence-electron chi connectivity index (χ3n) is 2.06. The predicted octanol–water partition coefficient (Wildman–Crippen LogP) is 1.34. The Kier molecular flexibility index (Phi) is 2.06. The maximum absolute atomic E-state index is 10.6. The summed E-state index contributed by atoms with van der Waals surface area (Å²) in [6, 6.07) is 8.58. The molecule has 1 aromatic heterocycles. The molecular formula is C9H6N4O2. The standard InChI is InChI=1S/C9H6N4O2/c10-5-9(13(14)15)12-6-11-7-3-1-2-4-8(7)12/h1-4,6,9H. The first-order chi connectivity index (χ1) is 7.24. The van der Waals surface area contributed by atoms with Crippen molar-refractivity contribution in [2.24, 2.45) is 0 Å². The van der Waals surface area contributed by atoms with Crippen LogP contribution in [0.4, 0.5) is 0 Å². The third kappa shape index (κ3) is 1.40. The van der Waals surface area contributed by atoms with Crippen molar-refractivity contribution >= 4 is 11.0 Å². The van der Waals surface area contributed by atoms with Crippen LogP contribution in [0.2, 0.25) is 0 Å². The molecule has 0 saturated carbocycles. The highest BCUT2D eigenvalue weighted by molar-refractivity contribution is 5.75. The van der Waals surface area contributed by atoms with Crippen molar-refractivity contribution in [1.82, 2.24) is 9.55 Å². The van der Waals surface area contributed by atoms with E-state index >= 15 is 0 Å². The molecule has 2 aromatic rings. The van der Waals surface area contributed by atoms with E-state index in [2.05, 4.69) is 4.98 Å². The molecule has 6 nitrogen and oxygen atoms in total. The summed E-state index contributed by atoms with van der Waals surface area (Å²) in [4.78, 5) is 13.9. The number of hydrogen-bond donors (Lipinski definition) is 0. The molecule has 0 saturated heterocycles. The Balaban J connectivity index is 2.62. The van der Waals surface area contributed by atoms with E-state index in [-0.39, 0.29) is 0 Å². The first-order valence-corrected chi connectivity index (χ1v) is 4.18. The van der Waals surface area contributed by atoms with Crippen molar-refractivity contribution < 1.29 is 4.92 Å². The highest BCUT2D eigenvalue weighted by atomic mass is 16.6. The number of fused-ring (bicyclic) bond motifs is 1. The Morgan fingerprint density at radius 1 is 1.53 bits per heavy atom. The normalized spacial score (nSPS) is 12.2. The molecule has 1 aromatic carbocycles. The smallest absolute Gasteiger partial charge is 0.261 e. The van der Waals surface area contributed by atoms with E-state index in [1.807, 2.05) is 0 Å². The first-order valence-electron chi connectivity index (χ1n) is 4.18. The van der Waals surface area contributed by atoms with Gasteiger partial charge in [0.15, 0.2) is 6.07 Å². The molecule has 2 rings (SSSR count). The maximum atomic E-state index is 10.6. The number of imidazole rings is 1. The molecule has 1 heterocycles. The predicted molar refractivity (Wildman–Crippen MR) is 51.4 cm³/mol. The van der Waals surface area contributed by atoms with Gasteiger partial charge in [0.2, 0.25) is 0 Å². The van der Waals surface area contributed by atoms with Crippen LogP contribution in [-0.4, -0.2) is 14.5 Å². The molecule has 0 bridgehead atoms. The average Bonchev–Trinajstić information content (AvgIpc) is 2.63. The lowest BCUT2D eigenvalue weighted by Gasteiger charge is -2.02. The van der Waals surface area contributed by atoms with Crippen molar-refractivity contribution in [3.63, 3.8) is 0 Å². The number of nitriles is 1. The minimum absolute atomic E-state index is 0.584. The molecule has 0 fully saturated rings. The topological polar surface area (TPSA) is 84.8 Å². The molecule has 15 heavy (non-hydrogen) atoms. The molecule has 6 heteroatoms. The lowest BCUT2D eigenvalue weighted by Crippen LogP contribution is -2.15. The number of aromatic nitrogens is 2.